The van der Waals surface area contributed by atoms with Gasteiger partial charge < -0.3 is 9.64 Å². The minimum Gasteiger partial charge on any atom is -0.380 e. The molecule has 0 saturated carbocycles. The van der Waals surface area contributed by atoms with Gasteiger partial charge in [0.15, 0.2) is 6.29 Å². The number of carbonyl (C=O) groups excluding carboxylic acids is 1. The third kappa shape index (κ3) is 2.31. The van der Waals surface area contributed by atoms with E-state index in [-0.39, 0.29) is 0 Å². The number of ether oxygens (including phenoxy) is 1. The lowest BCUT2D eigenvalue weighted by atomic mass is 10.1. The van der Waals surface area contributed by atoms with Gasteiger partial charge >= 0.3 is 0 Å². The summed E-state index contributed by atoms with van der Waals surface area (Å²) in [4.78, 5) is 13.3. The zero-order valence-corrected chi connectivity index (χ0v) is 11.1. The van der Waals surface area contributed by atoms with Crippen molar-refractivity contribution < 1.29 is 9.53 Å². The molecule has 5 nitrogen and oxygen atoms in total. The van der Waals surface area contributed by atoms with Gasteiger partial charge in [-0.1, -0.05) is 6.08 Å². The van der Waals surface area contributed by atoms with Gasteiger partial charge in [0.1, 0.15) is 5.82 Å². The first-order valence-electron chi connectivity index (χ1n) is 6.08. The number of nitrogens with zero attached hydrogens (tertiary/aromatic N) is 3. The minimum absolute atomic E-state index is 0.693. The molecule has 0 spiro atoms. The molecule has 0 bridgehead atoms. The third-order valence-corrected chi connectivity index (χ3v) is 3.29. The molecule has 0 aliphatic carbocycles. The predicted molar refractivity (Wildman–Crippen MR) is 70.1 cm³/mol. The first-order chi connectivity index (χ1) is 8.67. The Kier molecular flexibility index (Phi) is 3.81. The molecule has 98 valence electrons. The molecule has 0 fully saturated rings. The van der Waals surface area contributed by atoms with Gasteiger partial charge in [-0.15, -0.1) is 0 Å². The summed E-state index contributed by atoms with van der Waals surface area (Å²) in [6, 6.07) is 0. The average molecular weight is 249 g/mol. The molecule has 18 heavy (non-hydrogen) atoms. The van der Waals surface area contributed by atoms with Crippen LogP contribution in [-0.4, -0.2) is 42.9 Å². The summed E-state index contributed by atoms with van der Waals surface area (Å²) in [6.07, 6.45) is 4.03. The molecule has 1 aliphatic heterocycles. The fourth-order valence-corrected chi connectivity index (χ4v) is 2.40. The van der Waals surface area contributed by atoms with Gasteiger partial charge in [-0.05, 0) is 18.9 Å². The number of hydrogen-bond acceptors (Lipinski definition) is 4. The van der Waals surface area contributed by atoms with E-state index in [9.17, 15) is 4.79 Å². The van der Waals surface area contributed by atoms with Crippen LogP contribution in [0.1, 0.15) is 22.5 Å². The van der Waals surface area contributed by atoms with Crippen LogP contribution in [0.4, 0.5) is 5.82 Å². The summed E-state index contributed by atoms with van der Waals surface area (Å²) in [6.45, 7) is 4.26. The van der Waals surface area contributed by atoms with Crippen LogP contribution in [0.25, 0.3) is 0 Å². The fraction of sp³-hybridized carbons (Fsp3) is 0.538. The molecule has 1 aromatic rings. The normalized spacial score (nSPS) is 15.7. The largest absolute Gasteiger partial charge is 0.380 e. The number of aryl methyl sites for hydroxylation is 2. The second-order valence-electron chi connectivity index (χ2n) is 4.56. The second kappa shape index (κ2) is 5.35. The number of aldehydes is 1. The van der Waals surface area contributed by atoms with Crippen LogP contribution in [0.3, 0.4) is 0 Å². The van der Waals surface area contributed by atoms with E-state index in [2.05, 4.69) is 16.1 Å². The predicted octanol–water partition coefficient (Wildman–Crippen LogP) is 1.32. The lowest BCUT2D eigenvalue weighted by Gasteiger charge is -2.28. The van der Waals surface area contributed by atoms with Crippen molar-refractivity contribution in [1.29, 1.82) is 0 Å². The lowest BCUT2D eigenvalue weighted by Crippen LogP contribution is -2.31. The summed E-state index contributed by atoms with van der Waals surface area (Å²) in [5.41, 5.74) is 2.80. The number of hydrogen-bond donors (Lipinski definition) is 0. The van der Waals surface area contributed by atoms with Gasteiger partial charge in [-0.3, -0.25) is 9.48 Å². The van der Waals surface area contributed by atoms with E-state index in [0.29, 0.717) is 12.2 Å². The number of carbonyl (C=O) groups is 1. The number of methoxy groups -OCH3 is 1. The highest BCUT2D eigenvalue weighted by Crippen LogP contribution is 2.24. The van der Waals surface area contributed by atoms with Gasteiger partial charge in [0.05, 0.1) is 17.9 Å². The molecular weight excluding hydrogens is 230 g/mol. The molecule has 0 atom stereocenters. The molecule has 0 radical (unpaired) electrons. The first kappa shape index (κ1) is 12.8. The third-order valence-electron chi connectivity index (χ3n) is 3.29. The fourth-order valence-electron chi connectivity index (χ4n) is 2.40. The van der Waals surface area contributed by atoms with E-state index in [0.717, 1.165) is 37.3 Å². The SMILES string of the molecule is COCC1=CCN(c2c(C=O)c(C)nn2C)CC1. The van der Waals surface area contributed by atoms with Gasteiger partial charge in [0.25, 0.3) is 0 Å². The number of anilines is 1. The van der Waals surface area contributed by atoms with Crippen molar-refractivity contribution in [1.82, 2.24) is 9.78 Å². The number of aromatic nitrogens is 2. The molecule has 2 heterocycles. The van der Waals surface area contributed by atoms with E-state index in [1.807, 2.05) is 14.0 Å². The highest BCUT2D eigenvalue weighted by molar-refractivity contribution is 5.84. The van der Waals surface area contributed by atoms with Crippen LogP contribution < -0.4 is 4.90 Å². The Morgan fingerprint density at radius 2 is 2.33 bits per heavy atom. The summed E-state index contributed by atoms with van der Waals surface area (Å²) in [5, 5.41) is 4.31. The molecule has 1 aromatic heterocycles. The van der Waals surface area contributed by atoms with Gasteiger partial charge in [-0.2, -0.15) is 5.10 Å². The Morgan fingerprint density at radius 3 is 2.89 bits per heavy atom. The average Bonchev–Trinajstić information content (AvgIpc) is 2.65. The maximum absolute atomic E-state index is 11.2. The maximum atomic E-state index is 11.2. The molecule has 2 rings (SSSR count). The van der Waals surface area contributed by atoms with Crippen molar-refractivity contribution >= 4 is 12.1 Å². The van der Waals surface area contributed by atoms with Crippen molar-refractivity contribution in [3.8, 4) is 0 Å². The van der Waals surface area contributed by atoms with E-state index < -0.39 is 0 Å². The van der Waals surface area contributed by atoms with Crippen LogP contribution in [0, 0.1) is 6.92 Å². The Morgan fingerprint density at radius 1 is 1.56 bits per heavy atom. The molecule has 0 N–H and O–H groups in total. The van der Waals surface area contributed by atoms with Crippen molar-refractivity contribution in [2.45, 2.75) is 13.3 Å². The summed E-state index contributed by atoms with van der Waals surface area (Å²) in [7, 11) is 3.59. The van der Waals surface area contributed by atoms with Crippen LogP contribution >= 0.6 is 0 Å². The summed E-state index contributed by atoms with van der Waals surface area (Å²) >= 11 is 0. The van der Waals surface area contributed by atoms with Crippen LogP contribution in [-0.2, 0) is 11.8 Å². The molecule has 0 aromatic carbocycles. The zero-order chi connectivity index (χ0) is 13.1. The summed E-state index contributed by atoms with van der Waals surface area (Å²) < 4.78 is 6.92. The van der Waals surface area contributed by atoms with Crippen molar-refractivity contribution in [3.05, 3.63) is 22.9 Å². The molecule has 0 saturated heterocycles. The molecule has 0 unspecified atom stereocenters. The number of rotatable bonds is 4. The van der Waals surface area contributed by atoms with Crippen molar-refractivity contribution in [2.75, 3.05) is 31.7 Å². The van der Waals surface area contributed by atoms with Crippen LogP contribution in [0.2, 0.25) is 0 Å². The van der Waals surface area contributed by atoms with Gasteiger partial charge in [0.2, 0.25) is 0 Å². The van der Waals surface area contributed by atoms with Crippen molar-refractivity contribution in [3.63, 3.8) is 0 Å². The highest BCUT2D eigenvalue weighted by Gasteiger charge is 2.20. The van der Waals surface area contributed by atoms with Gasteiger partial charge in [-0.25, -0.2) is 0 Å². The Bertz CT molecular complexity index is 477. The van der Waals surface area contributed by atoms with E-state index in [1.165, 1.54) is 5.57 Å². The quantitative estimate of drug-likeness (QED) is 0.596. The zero-order valence-electron chi connectivity index (χ0n) is 11.1. The standard InChI is InChI=1S/C13H19N3O2/c1-10-12(8-17)13(15(2)14-10)16-6-4-11(5-7-16)9-18-3/h4,8H,5-7,9H2,1-3H3. The Labute approximate surface area is 107 Å². The van der Waals surface area contributed by atoms with Gasteiger partial charge in [0, 0.05) is 27.2 Å². The molecular formula is C13H19N3O2. The smallest absolute Gasteiger partial charge is 0.155 e. The monoisotopic (exact) mass is 249 g/mol. The minimum atomic E-state index is 0.693. The lowest BCUT2D eigenvalue weighted by molar-refractivity contribution is 0.112. The maximum Gasteiger partial charge on any atom is 0.155 e. The molecule has 5 heteroatoms. The topological polar surface area (TPSA) is 47.4 Å². The molecule has 1 aliphatic rings. The first-order valence-corrected chi connectivity index (χ1v) is 6.08. The van der Waals surface area contributed by atoms with Crippen molar-refractivity contribution in [2.24, 2.45) is 7.05 Å². The highest BCUT2D eigenvalue weighted by atomic mass is 16.5. The van der Waals surface area contributed by atoms with Crippen LogP contribution in [0.15, 0.2) is 11.6 Å². The van der Waals surface area contributed by atoms with E-state index in [1.54, 1.807) is 11.8 Å². The van der Waals surface area contributed by atoms with E-state index in [4.69, 9.17) is 4.74 Å². The Balaban J connectivity index is 2.22. The Hall–Kier alpha value is -1.62. The van der Waals surface area contributed by atoms with E-state index >= 15 is 0 Å². The van der Waals surface area contributed by atoms with Crippen LogP contribution in [0.5, 0.6) is 0 Å². The second-order valence-corrected chi connectivity index (χ2v) is 4.56. The summed E-state index contributed by atoms with van der Waals surface area (Å²) in [5.74, 6) is 0.912. The molecule has 0 amide bonds.